The molecule has 0 bridgehead atoms. The van der Waals surface area contributed by atoms with Gasteiger partial charge in [0, 0.05) is 23.8 Å². The number of benzene rings is 1. The van der Waals surface area contributed by atoms with Crippen molar-refractivity contribution in [1.82, 2.24) is 15.1 Å². The molecule has 1 aromatic heterocycles. The lowest BCUT2D eigenvalue weighted by Gasteiger charge is -2.13. The molecule has 19 heavy (non-hydrogen) atoms. The lowest BCUT2D eigenvalue weighted by atomic mass is 10.1. The van der Waals surface area contributed by atoms with E-state index in [1.165, 1.54) is 34.0 Å². The minimum atomic E-state index is 0.504. The zero-order valence-electron chi connectivity index (χ0n) is 11.1. The van der Waals surface area contributed by atoms with Gasteiger partial charge >= 0.3 is 0 Å². The molecule has 0 saturated heterocycles. The van der Waals surface area contributed by atoms with Crippen LogP contribution in [0.25, 0.3) is 0 Å². The fourth-order valence-electron chi connectivity index (χ4n) is 2.81. The minimum absolute atomic E-state index is 0.504. The zero-order valence-corrected chi connectivity index (χ0v) is 12.7. The van der Waals surface area contributed by atoms with Crippen molar-refractivity contribution in [3.8, 4) is 0 Å². The quantitative estimate of drug-likeness (QED) is 0.938. The number of nitrogens with one attached hydrogen (secondary N) is 1. The molecule has 3 nitrogen and oxygen atoms in total. The maximum Gasteiger partial charge on any atom is 0.0522 e. The summed E-state index contributed by atoms with van der Waals surface area (Å²) in [6.07, 6.45) is 7.43. The third-order valence-corrected chi connectivity index (χ3v) is 4.52. The number of fused-ring (bicyclic) bond motifs is 1. The summed E-state index contributed by atoms with van der Waals surface area (Å²) in [5.74, 6) is 0. The summed E-state index contributed by atoms with van der Waals surface area (Å²) in [6, 6.07) is 7.01. The Balaban J connectivity index is 1.59. The van der Waals surface area contributed by atoms with Crippen LogP contribution in [0.3, 0.4) is 0 Å². The fourth-order valence-corrected chi connectivity index (χ4v) is 3.39. The largest absolute Gasteiger partial charge is 0.310 e. The summed E-state index contributed by atoms with van der Waals surface area (Å²) in [5, 5.41) is 7.86. The van der Waals surface area contributed by atoms with Gasteiger partial charge in [-0.05, 0) is 48.6 Å². The molecule has 1 aliphatic rings. The van der Waals surface area contributed by atoms with Crippen molar-refractivity contribution in [3.63, 3.8) is 0 Å². The van der Waals surface area contributed by atoms with Crippen molar-refractivity contribution in [2.24, 2.45) is 7.05 Å². The van der Waals surface area contributed by atoms with E-state index < -0.39 is 0 Å². The van der Waals surface area contributed by atoms with Gasteiger partial charge in [-0.1, -0.05) is 28.1 Å². The molecule has 1 aromatic carbocycles. The van der Waals surface area contributed by atoms with Crippen molar-refractivity contribution in [2.75, 3.05) is 6.54 Å². The minimum Gasteiger partial charge on any atom is -0.310 e. The van der Waals surface area contributed by atoms with Crippen molar-refractivity contribution in [1.29, 1.82) is 0 Å². The highest BCUT2D eigenvalue weighted by atomic mass is 79.9. The van der Waals surface area contributed by atoms with Gasteiger partial charge in [0.15, 0.2) is 0 Å². The van der Waals surface area contributed by atoms with E-state index in [9.17, 15) is 0 Å². The summed E-state index contributed by atoms with van der Waals surface area (Å²) in [6.45, 7) is 1.00. The molecular formula is C15H18BrN3. The zero-order chi connectivity index (χ0) is 13.2. The van der Waals surface area contributed by atoms with E-state index in [4.69, 9.17) is 0 Å². The van der Waals surface area contributed by atoms with Gasteiger partial charge in [0.2, 0.25) is 0 Å². The average molecular weight is 320 g/mol. The summed E-state index contributed by atoms with van der Waals surface area (Å²) in [7, 11) is 1.96. The molecule has 100 valence electrons. The lowest BCUT2D eigenvalue weighted by Crippen LogP contribution is -2.21. The molecule has 0 spiro atoms. The monoisotopic (exact) mass is 319 g/mol. The molecule has 0 aliphatic heterocycles. The normalized spacial score (nSPS) is 17.7. The van der Waals surface area contributed by atoms with Crippen LogP contribution in [0.4, 0.5) is 0 Å². The molecule has 1 unspecified atom stereocenters. The molecular weight excluding hydrogens is 302 g/mol. The first-order chi connectivity index (χ1) is 9.24. The van der Waals surface area contributed by atoms with Gasteiger partial charge in [-0.2, -0.15) is 5.10 Å². The predicted octanol–water partition coefficient (Wildman–Crippen LogP) is 3.00. The van der Waals surface area contributed by atoms with Crippen LogP contribution < -0.4 is 5.32 Å². The number of aryl methyl sites for hydroxylation is 1. The molecule has 0 fully saturated rings. The molecule has 1 aliphatic carbocycles. The van der Waals surface area contributed by atoms with Crippen molar-refractivity contribution >= 4 is 15.9 Å². The average Bonchev–Trinajstić information content (AvgIpc) is 2.98. The van der Waals surface area contributed by atoms with Crippen LogP contribution in [0.5, 0.6) is 0 Å². The molecule has 0 amide bonds. The summed E-state index contributed by atoms with van der Waals surface area (Å²) < 4.78 is 3.11. The Morgan fingerprint density at radius 2 is 2.37 bits per heavy atom. The van der Waals surface area contributed by atoms with E-state index in [0.717, 1.165) is 13.0 Å². The van der Waals surface area contributed by atoms with Gasteiger partial charge in [0.05, 0.1) is 6.20 Å². The Hall–Kier alpha value is -1.13. The van der Waals surface area contributed by atoms with Crippen LogP contribution in [0.1, 0.15) is 29.2 Å². The van der Waals surface area contributed by atoms with Crippen molar-refractivity contribution in [2.45, 2.75) is 25.3 Å². The number of rotatable bonds is 4. The van der Waals surface area contributed by atoms with Gasteiger partial charge < -0.3 is 5.32 Å². The summed E-state index contributed by atoms with van der Waals surface area (Å²) in [5.41, 5.74) is 4.23. The molecule has 0 saturated carbocycles. The van der Waals surface area contributed by atoms with Crippen LogP contribution in [-0.2, 0) is 19.9 Å². The summed E-state index contributed by atoms with van der Waals surface area (Å²) in [4.78, 5) is 0. The van der Waals surface area contributed by atoms with E-state index in [0.29, 0.717) is 6.04 Å². The molecule has 4 heteroatoms. The first-order valence-electron chi connectivity index (χ1n) is 6.72. The molecule has 3 rings (SSSR count). The molecule has 2 aromatic rings. The standard InChI is InChI=1S/C15H18BrN3/c1-19-10-11(9-18-19)7-8-17-15-6-5-12-13(15)3-2-4-14(12)16/h2-4,9-10,15,17H,5-8H2,1H3. The van der Waals surface area contributed by atoms with Gasteiger partial charge in [0.1, 0.15) is 0 Å². The van der Waals surface area contributed by atoms with Gasteiger partial charge in [-0.3, -0.25) is 4.68 Å². The van der Waals surface area contributed by atoms with Gasteiger partial charge in [-0.25, -0.2) is 0 Å². The fraction of sp³-hybridized carbons (Fsp3) is 0.400. The molecule has 1 N–H and O–H groups in total. The Labute approximate surface area is 122 Å². The topological polar surface area (TPSA) is 29.9 Å². The highest BCUT2D eigenvalue weighted by Crippen LogP contribution is 2.35. The summed E-state index contributed by atoms with van der Waals surface area (Å²) >= 11 is 3.64. The van der Waals surface area contributed by atoms with Gasteiger partial charge in [0.25, 0.3) is 0 Å². The maximum absolute atomic E-state index is 4.20. The second-order valence-corrected chi connectivity index (χ2v) is 5.98. The first kappa shape index (κ1) is 12.9. The first-order valence-corrected chi connectivity index (χ1v) is 7.51. The number of hydrogen-bond acceptors (Lipinski definition) is 2. The highest BCUT2D eigenvalue weighted by molar-refractivity contribution is 9.10. The second kappa shape index (κ2) is 5.47. The van der Waals surface area contributed by atoms with E-state index in [1.807, 2.05) is 17.9 Å². The maximum atomic E-state index is 4.20. The van der Waals surface area contributed by atoms with Crippen LogP contribution in [0.15, 0.2) is 35.1 Å². The molecule has 1 heterocycles. The van der Waals surface area contributed by atoms with E-state index in [1.54, 1.807) is 0 Å². The van der Waals surface area contributed by atoms with Crippen LogP contribution in [0, 0.1) is 0 Å². The number of aromatic nitrogens is 2. The number of nitrogens with zero attached hydrogens (tertiary/aromatic N) is 2. The Bertz CT molecular complexity index is 577. The van der Waals surface area contributed by atoms with Crippen LogP contribution in [0.2, 0.25) is 0 Å². The Morgan fingerprint density at radius 1 is 1.47 bits per heavy atom. The third kappa shape index (κ3) is 2.74. The van der Waals surface area contributed by atoms with Crippen molar-refractivity contribution in [3.05, 3.63) is 51.8 Å². The van der Waals surface area contributed by atoms with Crippen molar-refractivity contribution < 1.29 is 0 Å². The number of hydrogen-bond donors (Lipinski definition) is 1. The van der Waals surface area contributed by atoms with E-state index in [2.05, 4.69) is 50.7 Å². The van der Waals surface area contributed by atoms with Crippen LogP contribution >= 0.6 is 15.9 Å². The molecule has 0 radical (unpaired) electrons. The highest BCUT2D eigenvalue weighted by Gasteiger charge is 2.23. The molecule has 1 atom stereocenters. The SMILES string of the molecule is Cn1cc(CCNC2CCc3c(Br)cccc32)cn1. The third-order valence-electron chi connectivity index (χ3n) is 3.78. The van der Waals surface area contributed by atoms with Gasteiger partial charge in [-0.15, -0.1) is 0 Å². The predicted molar refractivity (Wildman–Crippen MR) is 80.1 cm³/mol. The van der Waals surface area contributed by atoms with Crippen LogP contribution in [-0.4, -0.2) is 16.3 Å². The smallest absolute Gasteiger partial charge is 0.0522 e. The van der Waals surface area contributed by atoms with E-state index in [-0.39, 0.29) is 0 Å². The number of halogens is 1. The Kier molecular flexibility index (Phi) is 3.71. The second-order valence-electron chi connectivity index (χ2n) is 5.13. The lowest BCUT2D eigenvalue weighted by molar-refractivity contribution is 0.533. The van der Waals surface area contributed by atoms with E-state index >= 15 is 0 Å². The Morgan fingerprint density at radius 3 is 3.16 bits per heavy atom.